The fraction of sp³-hybridized carbons (Fsp3) is 0.550. The topological polar surface area (TPSA) is 45.9 Å². The van der Waals surface area contributed by atoms with Crippen molar-refractivity contribution >= 4 is 16.9 Å². The van der Waals surface area contributed by atoms with Gasteiger partial charge < -0.3 is 14.1 Å². The van der Waals surface area contributed by atoms with Crippen LogP contribution in [0, 0.1) is 6.92 Å². The molecule has 1 unspecified atom stereocenters. The Morgan fingerprint density at radius 1 is 1.24 bits per heavy atom. The van der Waals surface area contributed by atoms with Gasteiger partial charge in [0.2, 0.25) is 5.91 Å². The average molecular weight is 342 g/mol. The number of rotatable bonds is 4. The van der Waals surface area contributed by atoms with Gasteiger partial charge in [-0.15, -0.1) is 0 Å². The fourth-order valence-electron chi connectivity index (χ4n) is 3.86. The minimum Gasteiger partial charge on any atom is -0.464 e. The quantitative estimate of drug-likeness (QED) is 0.857. The van der Waals surface area contributed by atoms with E-state index in [2.05, 4.69) is 17.0 Å². The van der Waals surface area contributed by atoms with Gasteiger partial charge in [-0.05, 0) is 31.4 Å². The van der Waals surface area contributed by atoms with Gasteiger partial charge in [0.15, 0.2) is 0 Å². The van der Waals surface area contributed by atoms with Crippen LogP contribution >= 0.6 is 0 Å². The molecule has 2 aromatic rings. The van der Waals surface area contributed by atoms with Crippen LogP contribution < -0.4 is 0 Å². The molecule has 0 aliphatic carbocycles. The van der Waals surface area contributed by atoms with E-state index < -0.39 is 0 Å². The number of hydrogen-bond acceptors (Lipinski definition) is 4. The van der Waals surface area contributed by atoms with Crippen LogP contribution in [0.5, 0.6) is 0 Å². The van der Waals surface area contributed by atoms with Crippen LogP contribution in [-0.4, -0.2) is 61.1 Å². The van der Waals surface area contributed by atoms with E-state index in [1.165, 1.54) is 18.4 Å². The molecule has 4 rings (SSSR count). The molecule has 2 aliphatic rings. The standard InChI is InChI=1S/C20H26N2O3/c1-15-4-5-18-16(14-25-19(18)11-15)12-20(23)22-8-6-21(7-9-22)13-17-3-2-10-24-17/h4-5,11,14,17H,2-3,6-10,12-13H2,1H3. The Morgan fingerprint density at radius 2 is 2.08 bits per heavy atom. The van der Waals surface area contributed by atoms with Gasteiger partial charge in [0, 0.05) is 50.3 Å². The van der Waals surface area contributed by atoms with Gasteiger partial charge >= 0.3 is 0 Å². The van der Waals surface area contributed by atoms with Gasteiger partial charge in [-0.1, -0.05) is 12.1 Å². The summed E-state index contributed by atoms with van der Waals surface area (Å²) in [5.74, 6) is 0.194. The Morgan fingerprint density at radius 3 is 2.84 bits per heavy atom. The molecule has 0 saturated carbocycles. The second-order valence-corrected chi connectivity index (χ2v) is 7.25. The number of fused-ring (bicyclic) bond motifs is 1. The predicted octanol–water partition coefficient (Wildman–Crippen LogP) is 2.61. The van der Waals surface area contributed by atoms with E-state index >= 15 is 0 Å². The summed E-state index contributed by atoms with van der Waals surface area (Å²) in [6, 6.07) is 6.14. The summed E-state index contributed by atoms with van der Waals surface area (Å²) >= 11 is 0. The second-order valence-electron chi connectivity index (χ2n) is 7.25. The van der Waals surface area contributed by atoms with Crippen molar-refractivity contribution in [1.29, 1.82) is 0 Å². The van der Waals surface area contributed by atoms with Crippen molar-refractivity contribution in [1.82, 2.24) is 9.80 Å². The molecule has 3 heterocycles. The number of benzene rings is 1. The summed E-state index contributed by atoms with van der Waals surface area (Å²) in [7, 11) is 0. The molecule has 134 valence electrons. The van der Waals surface area contributed by atoms with Gasteiger partial charge in [-0.3, -0.25) is 9.69 Å². The average Bonchev–Trinajstić information content (AvgIpc) is 3.25. The van der Waals surface area contributed by atoms with Gasteiger partial charge in [0.1, 0.15) is 5.58 Å². The number of aryl methyl sites for hydroxylation is 1. The van der Waals surface area contributed by atoms with Gasteiger partial charge in [-0.25, -0.2) is 0 Å². The highest BCUT2D eigenvalue weighted by Gasteiger charge is 2.25. The molecule has 0 spiro atoms. The lowest BCUT2D eigenvalue weighted by Gasteiger charge is -2.35. The monoisotopic (exact) mass is 342 g/mol. The molecule has 5 heteroatoms. The largest absolute Gasteiger partial charge is 0.464 e. The number of carbonyl (C=O) groups is 1. The highest BCUT2D eigenvalue weighted by Crippen LogP contribution is 2.23. The van der Waals surface area contributed by atoms with Crippen molar-refractivity contribution < 1.29 is 13.9 Å². The first-order valence-corrected chi connectivity index (χ1v) is 9.27. The number of carbonyl (C=O) groups excluding carboxylic acids is 1. The molecule has 0 radical (unpaired) electrons. The van der Waals surface area contributed by atoms with E-state index in [1.807, 2.05) is 17.9 Å². The molecule has 0 bridgehead atoms. The zero-order valence-electron chi connectivity index (χ0n) is 14.9. The Bertz CT molecular complexity index is 740. The molecule has 1 atom stereocenters. The van der Waals surface area contributed by atoms with E-state index in [-0.39, 0.29) is 5.91 Å². The van der Waals surface area contributed by atoms with Crippen molar-refractivity contribution in [3.8, 4) is 0 Å². The van der Waals surface area contributed by atoms with Crippen LogP contribution in [0.2, 0.25) is 0 Å². The van der Waals surface area contributed by atoms with Crippen molar-refractivity contribution in [2.45, 2.75) is 32.3 Å². The summed E-state index contributed by atoms with van der Waals surface area (Å²) in [5.41, 5.74) is 3.02. The van der Waals surface area contributed by atoms with Crippen LogP contribution in [0.4, 0.5) is 0 Å². The molecule has 1 aromatic heterocycles. The zero-order chi connectivity index (χ0) is 17.2. The van der Waals surface area contributed by atoms with Gasteiger partial charge in [0.25, 0.3) is 0 Å². The minimum atomic E-state index is 0.194. The van der Waals surface area contributed by atoms with E-state index in [0.717, 1.165) is 55.9 Å². The number of furan rings is 1. The molecular formula is C20H26N2O3. The van der Waals surface area contributed by atoms with Crippen molar-refractivity contribution in [2.24, 2.45) is 0 Å². The van der Waals surface area contributed by atoms with Gasteiger partial charge in [-0.2, -0.15) is 0 Å². The maximum absolute atomic E-state index is 12.7. The number of nitrogens with zero attached hydrogens (tertiary/aromatic N) is 2. The van der Waals surface area contributed by atoms with E-state index in [4.69, 9.17) is 9.15 Å². The van der Waals surface area contributed by atoms with Crippen molar-refractivity contribution in [3.63, 3.8) is 0 Å². The van der Waals surface area contributed by atoms with E-state index in [1.54, 1.807) is 6.26 Å². The lowest BCUT2D eigenvalue weighted by atomic mass is 10.1. The first kappa shape index (κ1) is 16.6. The summed E-state index contributed by atoms with van der Waals surface area (Å²) in [6.07, 6.45) is 4.90. The normalized spacial score (nSPS) is 22.0. The SMILES string of the molecule is Cc1ccc2c(CC(=O)N3CCN(CC4CCCO4)CC3)coc2c1. The van der Waals surface area contributed by atoms with Crippen LogP contribution in [0.1, 0.15) is 24.0 Å². The third kappa shape index (κ3) is 3.72. The molecule has 25 heavy (non-hydrogen) atoms. The van der Waals surface area contributed by atoms with E-state index in [0.29, 0.717) is 12.5 Å². The lowest BCUT2D eigenvalue weighted by molar-refractivity contribution is -0.132. The van der Waals surface area contributed by atoms with Crippen LogP contribution in [0.3, 0.4) is 0 Å². The zero-order valence-corrected chi connectivity index (χ0v) is 14.9. The third-order valence-corrected chi connectivity index (χ3v) is 5.36. The molecule has 1 aromatic carbocycles. The fourth-order valence-corrected chi connectivity index (χ4v) is 3.86. The first-order chi connectivity index (χ1) is 12.2. The molecule has 2 saturated heterocycles. The third-order valence-electron chi connectivity index (χ3n) is 5.36. The maximum atomic E-state index is 12.7. The van der Waals surface area contributed by atoms with E-state index in [9.17, 15) is 4.79 Å². The number of ether oxygens (including phenoxy) is 1. The van der Waals surface area contributed by atoms with Crippen LogP contribution in [-0.2, 0) is 16.0 Å². The van der Waals surface area contributed by atoms with Crippen LogP contribution in [0.25, 0.3) is 11.0 Å². The molecule has 5 nitrogen and oxygen atoms in total. The number of amides is 1. The van der Waals surface area contributed by atoms with Crippen LogP contribution in [0.15, 0.2) is 28.9 Å². The predicted molar refractivity (Wildman–Crippen MR) is 96.6 cm³/mol. The smallest absolute Gasteiger partial charge is 0.227 e. The highest BCUT2D eigenvalue weighted by atomic mass is 16.5. The Kier molecular flexibility index (Phi) is 4.77. The molecule has 1 amide bonds. The lowest BCUT2D eigenvalue weighted by Crippen LogP contribution is -2.50. The Labute approximate surface area is 148 Å². The van der Waals surface area contributed by atoms with Crippen molar-refractivity contribution in [3.05, 3.63) is 35.6 Å². The molecule has 0 N–H and O–H groups in total. The second kappa shape index (κ2) is 7.18. The summed E-state index contributed by atoms with van der Waals surface area (Å²) in [6.45, 7) is 7.45. The molecule has 2 fully saturated rings. The van der Waals surface area contributed by atoms with Gasteiger partial charge in [0.05, 0.1) is 18.8 Å². The maximum Gasteiger partial charge on any atom is 0.227 e. The summed E-state index contributed by atoms with van der Waals surface area (Å²) < 4.78 is 11.3. The molecular weight excluding hydrogens is 316 g/mol. The highest BCUT2D eigenvalue weighted by molar-refractivity contribution is 5.88. The summed E-state index contributed by atoms with van der Waals surface area (Å²) in [5, 5.41) is 1.05. The Balaban J connectivity index is 1.32. The Hall–Kier alpha value is -1.85. The van der Waals surface area contributed by atoms with Crippen molar-refractivity contribution in [2.75, 3.05) is 39.3 Å². The minimum absolute atomic E-state index is 0.194. The number of hydrogen-bond donors (Lipinski definition) is 0. The molecule has 2 aliphatic heterocycles. The number of piperazine rings is 1. The summed E-state index contributed by atoms with van der Waals surface area (Å²) in [4.78, 5) is 17.1. The first-order valence-electron chi connectivity index (χ1n) is 9.27.